The molecular formula is C3H7N4NaOS. The van der Waals surface area contributed by atoms with Crippen LogP contribution in [0.4, 0.5) is 0 Å². The van der Waals surface area contributed by atoms with Gasteiger partial charge in [-0.05, 0) is 17.4 Å². The summed E-state index contributed by atoms with van der Waals surface area (Å²) in [6, 6.07) is 0. The molecule has 0 bridgehead atoms. The molecule has 1 N–H and O–H groups in total. The Morgan fingerprint density at radius 2 is 2.30 bits per heavy atom. The second-order valence-corrected chi connectivity index (χ2v) is 1.96. The van der Waals surface area contributed by atoms with E-state index in [2.05, 4.69) is 28.2 Å². The summed E-state index contributed by atoms with van der Waals surface area (Å²) >= 11 is 3.86. The van der Waals surface area contributed by atoms with Crippen LogP contribution in [0.3, 0.4) is 0 Å². The van der Waals surface area contributed by atoms with Crippen LogP contribution in [0.25, 0.3) is 0 Å². The van der Waals surface area contributed by atoms with Gasteiger partial charge in [0, 0.05) is 0 Å². The average molecular weight is 170 g/mol. The summed E-state index contributed by atoms with van der Waals surface area (Å²) in [6.07, 6.45) is -0.715. The predicted molar refractivity (Wildman–Crippen MR) is 39.1 cm³/mol. The van der Waals surface area contributed by atoms with Crippen molar-refractivity contribution in [1.82, 2.24) is 20.2 Å². The molecular weight excluding hydrogens is 163 g/mol. The van der Waals surface area contributed by atoms with E-state index in [-0.39, 0.29) is 29.6 Å². The SMILES string of the molecule is CC(O)n1nnnc1S.[NaH]. The summed E-state index contributed by atoms with van der Waals surface area (Å²) < 4.78 is 1.20. The number of hydrogen-bond donors (Lipinski definition) is 2. The van der Waals surface area contributed by atoms with E-state index >= 15 is 0 Å². The van der Waals surface area contributed by atoms with Crippen molar-refractivity contribution in [2.45, 2.75) is 18.3 Å². The summed E-state index contributed by atoms with van der Waals surface area (Å²) in [4.78, 5) is 0. The van der Waals surface area contributed by atoms with Crippen LogP contribution in [0.15, 0.2) is 5.16 Å². The van der Waals surface area contributed by atoms with E-state index in [0.29, 0.717) is 5.16 Å². The normalized spacial score (nSPS) is 12.3. The van der Waals surface area contributed by atoms with Crippen molar-refractivity contribution in [2.24, 2.45) is 0 Å². The van der Waals surface area contributed by atoms with Gasteiger partial charge in [-0.15, -0.1) is 17.7 Å². The van der Waals surface area contributed by atoms with Crippen molar-refractivity contribution in [3.8, 4) is 0 Å². The molecule has 10 heavy (non-hydrogen) atoms. The van der Waals surface area contributed by atoms with Gasteiger partial charge >= 0.3 is 29.6 Å². The van der Waals surface area contributed by atoms with Gasteiger partial charge in [0.15, 0.2) is 0 Å². The maximum atomic E-state index is 8.86. The second kappa shape index (κ2) is 4.30. The van der Waals surface area contributed by atoms with E-state index in [1.807, 2.05) is 0 Å². The molecule has 0 saturated heterocycles. The third-order valence-electron chi connectivity index (χ3n) is 0.829. The first-order valence-corrected chi connectivity index (χ1v) is 2.81. The first-order valence-electron chi connectivity index (χ1n) is 2.36. The van der Waals surface area contributed by atoms with E-state index in [0.717, 1.165) is 0 Å². The molecule has 0 aliphatic heterocycles. The minimum absolute atomic E-state index is 0. The van der Waals surface area contributed by atoms with E-state index in [9.17, 15) is 0 Å². The van der Waals surface area contributed by atoms with Crippen molar-refractivity contribution < 1.29 is 5.11 Å². The van der Waals surface area contributed by atoms with Gasteiger partial charge in [-0.3, -0.25) is 0 Å². The van der Waals surface area contributed by atoms with Gasteiger partial charge in [0.25, 0.3) is 0 Å². The predicted octanol–water partition coefficient (Wildman–Crippen LogP) is -1.18. The molecule has 0 aliphatic carbocycles. The zero-order valence-electron chi connectivity index (χ0n) is 4.76. The summed E-state index contributed by atoms with van der Waals surface area (Å²) in [5.41, 5.74) is 0. The van der Waals surface area contributed by atoms with E-state index < -0.39 is 6.23 Å². The van der Waals surface area contributed by atoms with Crippen LogP contribution in [0.5, 0.6) is 0 Å². The van der Waals surface area contributed by atoms with Crippen molar-refractivity contribution >= 4 is 42.2 Å². The Labute approximate surface area is 85.5 Å². The maximum absolute atomic E-state index is 8.86. The Hall–Kier alpha value is 0.380. The Kier molecular flexibility index (Phi) is 4.46. The fourth-order valence-corrected chi connectivity index (χ4v) is 0.678. The van der Waals surface area contributed by atoms with Gasteiger partial charge in [-0.25, -0.2) is 0 Å². The van der Waals surface area contributed by atoms with Gasteiger partial charge in [-0.1, -0.05) is 0 Å². The minimum atomic E-state index is -0.715. The number of rotatable bonds is 1. The van der Waals surface area contributed by atoms with Crippen LogP contribution in [0, 0.1) is 0 Å². The van der Waals surface area contributed by atoms with Crippen LogP contribution in [0.2, 0.25) is 0 Å². The molecule has 1 unspecified atom stereocenters. The molecule has 0 aromatic carbocycles. The summed E-state index contributed by atoms with van der Waals surface area (Å²) in [5, 5.41) is 19.3. The molecule has 7 heteroatoms. The number of thiol groups is 1. The molecule has 1 rings (SSSR count). The van der Waals surface area contributed by atoms with Crippen molar-refractivity contribution in [1.29, 1.82) is 0 Å². The zero-order chi connectivity index (χ0) is 6.85. The Morgan fingerprint density at radius 1 is 1.70 bits per heavy atom. The molecule has 0 saturated carbocycles. The van der Waals surface area contributed by atoms with Crippen LogP contribution < -0.4 is 0 Å². The summed E-state index contributed by atoms with van der Waals surface area (Å²) in [7, 11) is 0. The Balaban J connectivity index is 0.000000810. The van der Waals surface area contributed by atoms with Gasteiger partial charge < -0.3 is 5.11 Å². The number of tetrazole rings is 1. The average Bonchev–Trinajstić information content (AvgIpc) is 2.13. The van der Waals surface area contributed by atoms with Gasteiger partial charge in [-0.2, -0.15) is 4.68 Å². The van der Waals surface area contributed by atoms with E-state index in [4.69, 9.17) is 5.11 Å². The molecule has 0 amide bonds. The molecule has 1 aromatic heterocycles. The first-order chi connectivity index (χ1) is 4.22. The van der Waals surface area contributed by atoms with Crippen molar-refractivity contribution in [2.75, 3.05) is 0 Å². The molecule has 52 valence electrons. The first kappa shape index (κ1) is 10.4. The molecule has 5 nitrogen and oxygen atoms in total. The number of aliphatic hydroxyl groups is 1. The van der Waals surface area contributed by atoms with Crippen LogP contribution in [0.1, 0.15) is 13.2 Å². The monoisotopic (exact) mass is 170 g/mol. The number of hydrogen-bond acceptors (Lipinski definition) is 5. The van der Waals surface area contributed by atoms with E-state index in [1.54, 1.807) is 6.92 Å². The van der Waals surface area contributed by atoms with Crippen molar-refractivity contribution in [3.05, 3.63) is 0 Å². The van der Waals surface area contributed by atoms with E-state index in [1.165, 1.54) is 4.68 Å². The Morgan fingerprint density at radius 3 is 2.50 bits per heavy atom. The Bertz CT molecular complexity index is 202. The third-order valence-corrected chi connectivity index (χ3v) is 1.12. The molecule has 0 aliphatic rings. The van der Waals surface area contributed by atoms with Gasteiger partial charge in [0.05, 0.1) is 0 Å². The standard InChI is InChI=1S/C3H6N4OS.Na.H/c1-2(8)7-3(9)4-5-6-7;;/h2,8H,1H3,(H,4,6,9);;. The summed E-state index contributed by atoms with van der Waals surface area (Å²) in [5.74, 6) is 0. The fraction of sp³-hybridized carbons (Fsp3) is 0.667. The van der Waals surface area contributed by atoms with Gasteiger partial charge in [0.1, 0.15) is 6.23 Å². The topological polar surface area (TPSA) is 63.8 Å². The van der Waals surface area contributed by atoms with Crippen molar-refractivity contribution in [3.63, 3.8) is 0 Å². The number of aliphatic hydroxyl groups excluding tert-OH is 1. The molecule has 1 atom stereocenters. The van der Waals surface area contributed by atoms with Crippen LogP contribution in [-0.2, 0) is 0 Å². The second-order valence-electron chi connectivity index (χ2n) is 1.56. The number of aromatic nitrogens is 4. The molecule has 0 radical (unpaired) electrons. The quantitative estimate of drug-likeness (QED) is 0.411. The van der Waals surface area contributed by atoms with Crippen LogP contribution >= 0.6 is 12.6 Å². The molecule has 1 aromatic rings. The molecule has 1 heterocycles. The number of nitrogens with zero attached hydrogens (tertiary/aromatic N) is 4. The van der Waals surface area contributed by atoms with Gasteiger partial charge in [0.2, 0.25) is 5.16 Å². The molecule has 0 spiro atoms. The zero-order valence-corrected chi connectivity index (χ0v) is 5.66. The fourth-order valence-electron chi connectivity index (χ4n) is 0.431. The van der Waals surface area contributed by atoms with Crippen LogP contribution in [-0.4, -0.2) is 54.9 Å². The third kappa shape index (κ3) is 2.21. The molecule has 0 fully saturated rings. The summed E-state index contributed by atoms with van der Waals surface area (Å²) in [6.45, 7) is 1.55.